The van der Waals surface area contributed by atoms with Crippen LogP contribution in [-0.4, -0.2) is 36.5 Å². The van der Waals surface area contributed by atoms with E-state index in [9.17, 15) is 4.79 Å². The Bertz CT molecular complexity index is 1090. The predicted octanol–water partition coefficient (Wildman–Crippen LogP) is 3.09. The van der Waals surface area contributed by atoms with Crippen molar-refractivity contribution in [2.75, 3.05) is 26.3 Å². The summed E-state index contributed by atoms with van der Waals surface area (Å²) in [6.45, 7) is 0.148. The van der Waals surface area contributed by atoms with Crippen LogP contribution in [0.25, 0.3) is 5.69 Å². The van der Waals surface area contributed by atoms with Crippen molar-refractivity contribution in [2.45, 2.75) is 12.3 Å². The van der Waals surface area contributed by atoms with Gasteiger partial charge >= 0.3 is 0 Å². The Labute approximate surface area is 167 Å². The second kappa shape index (κ2) is 6.73. The Balaban J connectivity index is 1.63. The maximum atomic E-state index is 12.4. The molecule has 1 atom stereocenters. The van der Waals surface area contributed by atoms with Crippen molar-refractivity contribution in [3.05, 3.63) is 54.0 Å². The highest BCUT2D eigenvalue weighted by atomic mass is 16.7. The summed E-state index contributed by atoms with van der Waals surface area (Å²) >= 11 is 0. The van der Waals surface area contributed by atoms with Crippen molar-refractivity contribution in [2.24, 2.45) is 0 Å². The molecule has 3 aromatic rings. The molecule has 3 heterocycles. The number of carbonyl (C=O) groups is 1. The number of imidazole rings is 1. The number of anilines is 1. The van der Waals surface area contributed by atoms with Crippen molar-refractivity contribution in [3.63, 3.8) is 0 Å². The molecule has 148 valence electrons. The zero-order valence-electron chi connectivity index (χ0n) is 16.0. The Hall–Kier alpha value is -3.68. The van der Waals surface area contributed by atoms with E-state index in [1.54, 1.807) is 20.5 Å². The SMILES string of the molecule is COc1ccc(-n2cnc3c2[C@@H](c2cc(OC)c4c(c2)OCO4)CC(=O)N3)cc1. The molecule has 1 N–H and O–H groups in total. The van der Waals surface area contributed by atoms with E-state index in [4.69, 9.17) is 18.9 Å². The molecular weight excluding hydrogens is 374 g/mol. The molecular formula is C21H19N3O5. The van der Waals surface area contributed by atoms with Crippen LogP contribution in [0.1, 0.15) is 23.6 Å². The fraction of sp³-hybridized carbons (Fsp3) is 0.238. The highest BCUT2D eigenvalue weighted by Crippen LogP contribution is 2.46. The van der Waals surface area contributed by atoms with E-state index in [-0.39, 0.29) is 25.0 Å². The summed E-state index contributed by atoms with van der Waals surface area (Å²) in [4.78, 5) is 16.8. The third kappa shape index (κ3) is 2.84. The van der Waals surface area contributed by atoms with E-state index >= 15 is 0 Å². The van der Waals surface area contributed by atoms with Crippen LogP contribution in [0.2, 0.25) is 0 Å². The zero-order chi connectivity index (χ0) is 20.0. The monoisotopic (exact) mass is 393 g/mol. The summed E-state index contributed by atoms with van der Waals surface area (Å²) in [5.74, 6) is 2.80. The molecule has 0 fully saturated rings. The summed E-state index contributed by atoms with van der Waals surface area (Å²) < 4.78 is 23.8. The molecule has 2 aliphatic rings. The normalized spacial score (nSPS) is 16.9. The topological polar surface area (TPSA) is 83.8 Å². The number of aromatic nitrogens is 2. The van der Waals surface area contributed by atoms with Gasteiger partial charge in [-0.2, -0.15) is 0 Å². The van der Waals surface area contributed by atoms with Gasteiger partial charge in [-0.1, -0.05) is 0 Å². The van der Waals surface area contributed by atoms with E-state index in [2.05, 4.69) is 10.3 Å². The minimum Gasteiger partial charge on any atom is -0.497 e. The molecule has 5 rings (SSSR count). The maximum Gasteiger partial charge on any atom is 0.231 e. The van der Waals surface area contributed by atoms with Gasteiger partial charge in [0, 0.05) is 18.0 Å². The summed E-state index contributed by atoms with van der Waals surface area (Å²) in [5, 5.41) is 2.87. The van der Waals surface area contributed by atoms with Crippen molar-refractivity contribution in [3.8, 4) is 28.7 Å². The number of carbonyl (C=O) groups excluding carboxylic acids is 1. The van der Waals surface area contributed by atoms with Crippen LogP contribution in [0, 0.1) is 0 Å². The Morgan fingerprint density at radius 3 is 2.72 bits per heavy atom. The molecule has 8 nitrogen and oxygen atoms in total. The average molecular weight is 393 g/mol. The number of ether oxygens (including phenoxy) is 4. The molecule has 0 unspecified atom stereocenters. The van der Waals surface area contributed by atoms with Gasteiger partial charge in [0.15, 0.2) is 17.3 Å². The molecule has 29 heavy (non-hydrogen) atoms. The number of nitrogens with zero attached hydrogens (tertiary/aromatic N) is 2. The summed E-state index contributed by atoms with van der Waals surface area (Å²) in [7, 11) is 3.22. The lowest BCUT2D eigenvalue weighted by molar-refractivity contribution is -0.116. The number of hydrogen-bond acceptors (Lipinski definition) is 6. The minimum atomic E-state index is -0.216. The van der Waals surface area contributed by atoms with Gasteiger partial charge in [0.2, 0.25) is 18.4 Å². The molecule has 0 saturated carbocycles. The molecule has 2 aliphatic heterocycles. The molecule has 1 aromatic heterocycles. The first-order valence-electron chi connectivity index (χ1n) is 9.17. The largest absolute Gasteiger partial charge is 0.497 e. The Morgan fingerprint density at radius 2 is 1.97 bits per heavy atom. The van der Waals surface area contributed by atoms with Gasteiger partial charge in [-0.25, -0.2) is 4.98 Å². The quantitative estimate of drug-likeness (QED) is 0.733. The molecule has 0 saturated heterocycles. The average Bonchev–Trinajstić information content (AvgIpc) is 3.39. The second-order valence-corrected chi connectivity index (χ2v) is 6.81. The molecule has 0 radical (unpaired) electrons. The van der Waals surface area contributed by atoms with Crippen LogP contribution in [0.15, 0.2) is 42.7 Å². The summed E-state index contributed by atoms with van der Waals surface area (Å²) in [6, 6.07) is 11.5. The highest BCUT2D eigenvalue weighted by Gasteiger charge is 2.33. The van der Waals surface area contributed by atoms with Crippen LogP contribution >= 0.6 is 0 Å². The van der Waals surface area contributed by atoms with Gasteiger partial charge in [-0.05, 0) is 42.0 Å². The first-order chi connectivity index (χ1) is 14.2. The predicted molar refractivity (Wildman–Crippen MR) is 104 cm³/mol. The molecule has 1 amide bonds. The number of methoxy groups -OCH3 is 2. The van der Waals surface area contributed by atoms with E-state index < -0.39 is 0 Å². The van der Waals surface area contributed by atoms with Crippen molar-refractivity contribution in [1.82, 2.24) is 9.55 Å². The summed E-state index contributed by atoms with van der Waals surface area (Å²) in [5.41, 5.74) is 2.72. The first kappa shape index (κ1) is 17.4. The Morgan fingerprint density at radius 1 is 1.14 bits per heavy atom. The van der Waals surface area contributed by atoms with Crippen LogP contribution < -0.4 is 24.3 Å². The van der Waals surface area contributed by atoms with Crippen LogP contribution in [0.3, 0.4) is 0 Å². The Kier molecular flexibility index (Phi) is 4.04. The van der Waals surface area contributed by atoms with Crippen LogP contribution in [0.5, 0.6) is 23.0 Å². The minimum absolute atomic E-state index is 0.0842. The maximum absolute atomic E-state index is 12.4. The number of amides is 1. The van der Waals surface area contributed by atoms with Gasteiger partial charge in [-0.15, -0.1) is 0 Å². The fourth-order valence-electron chi connectivity index (χ4n) is 3.83. The van der Waals surface area contributed by atoms with E-state index in [0.717, 1.165) is 22.7 Å². The molecule has 8 heteroatoms. The number of fused-ring (bicyclic) bond motifs is 2. The number of benzene rings is 2. The van der Waals surface area contributed by atoms with Gasteiger partial charge in [0.1, 0.15) is 12.1 Å². The van der Waals surface area contributed by atoms with Crippen molar-refractivity contribution in [1.29, 1.82) is 0 Å². The first-order valence-corrected chi connectivity index (χ1v) is 9.17. The molecule has 0 bridgehead atoms. The smallest absolute Gasteiger partial charge is 0.231 e. The van der Waals surface area contributed by atoms with Gasteiger partial charge in [0.05, 0.1) is 19.9 Å². The summed E-state index contributed by atoms with van der Waals surface area (Å²) in [6.07, 6.45) is 2.01. The standard InChI is InChI=1S/C21H19N3O5/c1-26-14-5-3-13(4-6-14)24-10-22-21-19(24)15(9-18(25)23-21)12-7-16(27-2)20-17(8-12)28-11-29-20/h3-8,10,15H,9,11H2,1-2H3,(H,23,25)/t15-/m1/s1. The fourth-order valence-corrected chi connectivity index (χ4v) is 3.83. The van der Waals surface area contributed by atoms with Crippen molar-refractivity contribution >= 4 is 11.7 Å². The third-order valence-corrected chi connectivity index (χ3v) is 5.22. The molecule has 2 aromatic carbocycles. The highest BCUT2D eigenvalue weighted by molar-refractivity contribution is 5.94. The molecule has 0 aliphatic carbocycles. The lowest BCUT2D eigenvalue weighted by Gasteiger charge is -2.25. The third-order valence-electron chi connectivity index (χ3n) is 5.22. The van der Waals surface area contributed by atoms with Crippen molar-refractivity contribution < 1.29 is 23.7 Å². The van der Waals surface area contributed by atoms with E-state index in [1.165, 1.54) is 0 Å². The lowest BCUT2D eigenvalue weighted by atomic mass is 9.89. The number of rotatable bonds is 4. The van der Waals surface area contributed by atoms with Crippen LogP contribution in [0.4, 0.5) is 5.82 Å². The zero-order valence-corrected chi connectivity index (χ0v) is 16.0. The van der Waals surface area contributed by atoms with E-state index in [0.29, 0.717) is 23.1 Å². The van der Waals surface area contributed by atoms with Gasteiger partial charge in [-0.3, -0.25) is 4.79 Å². The number of hydrogen-bond donors (Lipinski definition) is 1. The second-order valence-electron chi connectivity index (χ2n) is 6.81. The van der Waals surface area contributed by atoms with E-state index in [1.807, 2.05) is 41.0 Å². The van der Waals surface area contributed by atoms with Gasteiger partial charge in [0.25, 0.3) is 0 Å². The number of nitrogens with one attached hydrogen (secondary N) is 1. The molecule has 0 spiro atoms. The lowest BCUT2D eigenvalue weighted by Crippen LogP contribution is -2.25. The van der Waals surface area contributed by atoms with Gasteiger partial charge < -0.3 is 28.8 Å². The van der Waals surface area contributed by atoms with Crippen LogP contribution in [-0.2, 0) is 4.79 Å².